The van der Waals surface area contributed by atoms with Crippen molar-refractivity contribution in [3.8, 4) is 0 Å². The van der Waals surface area contributed by atoms with Crippen molar-refractivity contribution in [1.82, 2.24) is 5.32 Å². The third kappa shape index (κ3) is 4.32. The van der Waals surface area contributed by atoms with Crippen LogP contribution in [-0.4, -0.2) is 31.8 Å². The van der Waals surface area contributed by atoms with E-state index in [0.717, 1.165) is 0 Å². The van der Waals surface area contributed by atoms with Crippen molar-refractivity contribution in [1.29, 1.82) is 0 Å². The maximum atomic E-state index is 10.9. The normalized spacial score (nSPS) is 11.0. The van der Waals surface area contributed by atoms with Gasteiger partial charge in [-0.15, -0.1) is 0 Å². The van der Waals surface area contributed by atoms with Crippen molar-refractivity contribution in [2.45, 2.75) is 6.92 Å². The Balaban J connectivity index is 3.73. The number of nitrogens with one attached hydrogen (secondary N) is 1. The van der Waals surface area contributed by atoms with Gasteiger partial charge in [0, 0.05) is 13.1 Å². The van der Waals surface area contributed by atoms with Gasteiger partial charge in [0.15, 0.2) is 0 Å². The standard InChI is InChI=1S/C6H13N3O2/c1-5(9-11-2)6(10)8-4-3-7/h3-4,7H2,1-2H3,(H,8,10)/b9-5+. The Morgan fingerprint density at radius 1 is 1.73 bits per heavy atom. The molecule has 64 valence electrons. The predicted molar refractivity (Wildman–Crippen MR) is 42.2 cm³/mol. The Bertz CT molecular complexity index is 156. The van der Waals surface area contributed by atoms with Crippen LogP contribution >= 0.6 is 0 Å². The van der Waals surface area contributed by atoms with Crippen molar-refractivity contribution >= 4 is 11.6 Å². The fraction of sp³-hybridized carbons (Fsp3) is 0.667. The van der Waals surface area contributed by atoms with Crippen LogP contribution in [-0.2, 0) is 9.63 Å². The van der Waals surface area contributed by atoms with Crippen molar-refractivity contribution in [3.63, 3.8) is 0 Å². The van der Waals surface area contributed by atoms with E-state index in [1.54, 1.807) is 6.92 Å². The van der Waals surface area contributed by atoms with Crippen molar-refractivity contribution < 1.29 is 9.63 Å². The number of hydrogen-bond donors (Lipinski definition) is 2. The summed E-state index contributed by atoms with van der Waals surface area (Å²) in [5.74, 6) is -0.252. The van der Waals surface area contributed by atoms with Crippen LogP contribution in [0.25, 0.3) is 0 Å². The minimum Gasteiger partial charge on any atom is -0.399 e. The summed E-state index contributed by atoms with van der Waals surface area (Å²) in [7, 11) is 1.39. The van der Waals surface area contributed by atoms with Gasteiger partial charge in [-0.2, -0.15) is 0 Å². The molecule has 11 heavy (non-hydrogen) atoms. The van der Waals surface area contributed by atoms with Crippen molar-refractivity contribution in [3.05, 3.63) is 0 Å². The first kappa shape index (κ1) is 9.90. The molecule has 0 saturated carbocycles. The molecule has 0 spiro atoms. The van der Waals surface area contributed by atoms with Gasteiger partial charge in [-0.1, -0.05) is 5.16 Å². The lowest BCUT2D eigenvalue weighted by molar-refractivity contribution is -0.114. The number of hydrogen-bond acceptors (Lipinski definition) is 4. The smallest absolute Gasteiger partial charge is 0.268 e. The van der Waals surface area contributed by atoms with Gasteiger partial charge in [-0.25, -0.2) is 0 Å². The Morgan fingerprint density at radius 3 is 2.82 bits per heavy atom. The highest BCUT2D eigenvalue weighted by atomic mass is 16.6. The molecule has 0 bridgehead atoms. The summed E-state index contributed by atoms with van der Waals surface area (Å²) in [4.78, 5) is 15.3. The second-order valence-corrected chi connectivity index (χ2v) is 1.90. The lowest BCUT2D eigenvalue weighted by Crippen LogP contribution is -2.33. The zero-order chi connectivity index (χ0) is 8.69. The Kier molecular flexibility index (Phi) is 5.10. The van der Waals surface area contributed by atoms with Gasteiger partial charge in [-0.3, -0.25) is 4.79 Å². The predicted octanol–water partition coefficient (Wildman–Crippen LogP) is -0.916. The maximum Gasteiger partial charge on any atom is 0.268 e. The molecule has 0 heterocycles. The van der Waals surface area contributed by atoms with Gasteiger partial charge in [0.05, 0.1) is 0 Å². The number of carbonyl (C=O) groups excluding carboxylic acids is 1. The number of nitrogens with two attached hydrogens (primary N) is 1. The van der Waals surface area contributed by atoms with Crippen LogP contribution in [0.1, 0.15) is 6.92 Å². The van der Waals surface area contributed by atoms with Gasteiger partial charge >= 0.3 is 0 Å². The van der Waals surface area contributed by atoms with Crippen LogP contribution in [0.5, 0.6) is 0 Å². The van der Waals surface area contributed by atoms with Gasteiger partial charge in [0.25, 0.3) is 5.91 Å². The largest absolute Gasteiger partial charge is 0.399 e. The molecule has 5 heteroatoms. The molecule has 0 aromatic carbocycles. The number of rotatable bonds is 4. The van der Waals surface area contributed by atoms with Gasteiger partial charge in [0.2, 0.25) is 0 Å². The maximum absolute atomic E-state index is 10.9. The fourth-order valence-electron chi connectivity index (χ4n) is 0.492. The molecular weight excluding hydrogens is 146 g/mol. The molecule has 0 aromatic heterocycles. The number of nitrogens with zero attached hydrogens (tertiary/aromatic N) is 1. The average molecular weight is 159 g/mol. The zero-order valence-electron chi connectivity index (χ0n) is 6.76. The van der Waals surface area contributed by atoms with E-state index in [1.165, 1.54) is 7.11 Å². The Hall–Kier alpha value is -1.10. The van der Waals surface area contributed by atoms with Crippen LogP contribution in [0.3, 0.4) is 0 Å². The SMILES string of the molecule is CO/N=C(\C)C(=O)NCCN. The summed E-state index contributed by atoms with van der Waals surface area (Å²) >= 11 is 0. The van der Waals surface area contributed by atoms with E-state index in [0.29, 0.717) is 18.8 Å². The summed E-state index contributed by atoms with van der Waals surface area (Å²) < 4.78 is 0. The molecule has 5 nitrogen and oxygen atoms in total. The third-order valence-corrected chi connectivity index (χ3v) is 0.987. The fourth-order valence-corrected chi connectivity index (χ4v) is 0.492. The highest BCUT2D eigenvalue weighted by Crippen LogP contribution is 1.77. The average Bonchev–Trinajstić information content (AvgIpc) is 2.00. The van der Waals surface area contributed by atoms with Crippen LogP contribution in [0.2, 0.25) is 0 Å². The highest BCUT2D eigenvalue weighted by Gasteiger charge is 2.03. The van der Waals surface area contributed by atoms with E-state index in [1.807, 2.05) is 0 Å². The number of oxime groups is 1. The van der Waals surface area contributed by atoms with E-state index < -0.39 is 0 Å². The van der Waals surface area contributed by atoms with Gasteiger partial charge in [0.1, 0.15) is 12.8 Å². The van der Waals surface area contributed by atoms with E-state index in [9.17, 15) is 4.79 Å². The summed E-state index contributed by atoms with van der Waals surface area (Å²) in [6.07, 6.45) is 0. The van der Waals surface area contributed by atoms with Crippen LogP contribution in [0, 0.1) is 0 Å². The molecule has 0 saturated heterocycles. The molecule has 0 aliphatic rings. The summed E-state index contributed by atoms with van der Waals surface area (Å²) in [6.45, 7) is 2.44. The number of carbonyl (C=O) groups is 1. The highest BCUT2D eigenvalue weighted by molar-refractivity contribution is 6.37. The molecular formula is C6H13N3O2. The zero-order valence-corrected chi connectivity index (χ0v) is 6.76. The minimum absolute atomic E-state index is 0.252. The third-order valence-electron chi connectivity index (χ3n) is 0.987. The van der Waals surface area contributed by atoms with E-state index in [-0.39, 0.29) is 5.91 Å². The second kappa shape index (κ2) is 5.67. The first-order valence-electron chi connectivity index (χ1n) is 3.28. The first-order chi connectivity index (χ1) is 5.22. The van der Waals surface area contributed by atoms with Gasteiger partial charge in [-0.05, 0) is 6.92 Å². The van der Waals surface area contributed by atoms with E-state index in [4.69, 9.17) is 5.73 Å². The lowest BCUT2D eigenvalue weighted by Gasteiger charge is -2.00. The van der Waals surface area contributed by atoms with Crippen LogP contribution in [0.15, 0.2) is 5.16 Å². The summed E-state index contributed by atoms with van der Waals surface area (Å²) in [5.41, 5.74) is 5.46. The van der Waals surface area contributed by atoms with E-state index >= 15 is 0 Å². The minimum atomic E-state index is -0.252. The molecule has 1 amide bonds. The van der Waals surface area contributed by atoms with Crippen LogP contribution < -0.4 is 11.1 Å². The number of amides is 1. The molecule has 0 aliphatic heterocycles. The summed E-state index contributed by atoms with van der Waals surface area (Å²) in [6, 6.07) is 0. The molecule has 0 unspecified atom stereocenters. The Morgan fingerprint density at radius 2 is 2.36 bits per heavy atom. The second-order valence-electron chi connectivity index (χ2n) is 1.90. The van der Waals surface area contributed by atoms with E-state index in [2.05, 4.69) is 15.3 Å². The quantitative estimate of drug-likeness (QED) is 0.411. The molecule has 0 rings (SSSR count). The molecule has 3 N–H and O–H groups in total. The van der Waals surface area contributed by atoms with Crippen molar-refractivity contribution in [2.24, 2.45) is 10.9 Å². The topological polar surface area (TPSA) is 76.7 Å². The molecule has 0 atom stereocenters. The molecule has 0 fully saturated rings. The monoisotopic (exact) mass is 159 g/mol. The molecule has 0 radical (unpaired) electrons. The lowest BCUT2D eigenvalue weighted by atomic mass is 10.4. The summed E-state index contributed by atoms with van der Waals surface area (Å²) in [5, 5.41) is 5.98. The van der Waals surface area contributed by atoms with Crippen LogP contribution in [0.4, 0.5) is 0 Å². The van der Waals surface area contributed by atoms with Crippen molar-refractivity contribution in [2.75, 3.05) is 20.2 Å². The first-order valence-corrected chi connectivity index (χ1v) is 3.28. The van der Waals surface area contributed by atoms with Gasteiger partial charge < -0.3 is 15.9 Å². The molecule has 0 aromatic rings. The molecule has 0 aliphatic carbocycles. The Labute approximate surface area is 65.6 Å².